The van der Waals surface area contributed by atoms with Crippen LogP contribution in [0.1, 0.15) is 34.1 Å². The second kappa shape index (κ2) is 7.87. The molecule has 0 fully saturated rings. The number of ether oxygens (including phenoxy) is 2. The zero-order valence-corrected chi connectivity index (χ0v) is 17.9. The number of fused-ring (bicyclic) bond motifs is 2. The summed E-state index contributed by atoms with van der Waals surface area (Å²) in [5.74, 6) is 1.02. The molecule has 2 aliphatic rings. The fourth-order valence-corrected chi connectivity index (χ4v) is 4.96. The van der Waals surface area contributed by atoms with Crippen molar-refractivity contribution in [1.29, 1.82) is 0 Å². The van der Waals surface area contributed by atoms with Crippen LogP contribution in [0, 0.1) is 6.92 Å². The molecule has 3 aromatic rings. The summed E-state index contributed by atoms with van der Waals surface area (Å²) in [6.07, 6.45) is -4.40. The minimum absolute atomic E-state index is 0.0624. The van der Waals surface area contributed by atoms with E-state index < -0.39 is 17.4 Å². The molecule has 170 valence electrons. The number of aliphatic imine (C=N–C) groups is 1. The molecule has 1 atom stereocenters. The number of hydrogen-bond acceptors (Lipinski definition) is 7. The topological polar surface area (TPSA) is 81.3 Å². The largest absolute Gasteiger partial charge is 0.507 e. The van der Waals surface area contributed by atoms with E-state index in [9.17, 15) is 23.1 Å². The summed E-state index contributed by atoms with van der Waals surface area (Å²) in [6.45, 7) is 1.61. The summed E-state index contributed by atoms with van der Waals surface area (Å²) in [5, 5.41) is 10.1. The Morgan fingerprint density at radius 2 is 1.88 bits per heavy atom. The summed E-state index contributed by atoms with van der Waals surface area (Å²) in [6, 6.07) is 9.97. The van der Waals surface area contributed by atoms with E-state index in [2.05, 4.69) is 4.99 Å². The molecule has 0 amide bonds. The Balaban J connectivity index is 1.67. The van der Waals surface area contributed by atoms with Gasteiger partial charge >= 0.3 is 11.8 Å². The Morgan fingerprint density at radius 1 is 1.09 bits per heavy atom. The van der Waals surface area contributed by atoms with Gasteiger partial charge in [-0.1, -0.05) is 6.07 Å². The van der Waals surface area contributed by atoms with Gasteiger partial charge in [-0.2, -0.15) is 13.2 Å². The molecule has 0 saturated heterocycles. The third-order valence-corrected chi connectivity index (χ3v) is 6.62. The van der Waals surface area contributed by atoms with Crippen LogP contribution in [0.4, 0.5) is 18.9 Å². The number of thioether (sulfide) groups is 1. The lowest BCUT2D eigenvalue weighted by atomic mass is 10.0. The maximum Gasteiger partial charge on any atom is 0.416 e. The highest BCUT2D eigenvalue weighted by molar-refractivity contribution is 7.99. The zero-order valence-electron chi connectivity index (χ0n) is 17.1. The summed E-state index contributed by atoms with van der Waals surface area (Å²) >= 11 is 1.32. The average molecular weight is 475 g/mol. The minimum Gasteiger partial charge on any atom is -0.507 e. The van der Waals surface area contributed by atoms with Crippen molar-refractivity contribution in [3.05, 3.63) is 75.3 Å². The number of hydrogen-bond donors (Lipinski definition) is 1. The Morgan fingerprint density at radius 3 is 2.64 bits per heavy atom. The lowest BCUT2D eigenvalue weighted by molar-refractivity contribution is -0.137. The molecule has 0 unspecified atom stereocenters. The average Bonchev–Trinajstić information content (AvgIpc) is 3.12. The van der Waals surface area contributed by atoms with Crippen molar-refractivity contribution >= 4 is 23.2 Å². The zero-order chi connectivity index (χ0) is 23.3. The molecule has 0 spiro atoms. The molecule has 1 N–H and O–H groups in total. The van der Waals surface area contributed by atoms with Crippen molar-refractivity contribution in [2.24, 2.45) is 4.99 Å². The molecule has 6 nitrogen and oxygen atoms in total. The van der Waals surface area contributed by atoms with Crippen molar-refractivity contribution in [2.75, 3.05) is 6.79 Å². The number of alkyl halides is 3. The number of benzene rings is 2. The molecule has 0 bridgehead atoms. The van der Waals surface area contributed by atoms with E-state index in [1.807, 2.05) is 6.07 Å². The molecule has 2 aliphatic heterocycles. The lowest BCUT2D eigenvalue weighted by Gasteiger charge is -2.17. The van der Waals surface area contributed by atoms with Crippen molar-refractivity contribution in [3.63, 3.8) is 0 Å². The first kappa shape index (κ1) is 21.4. The monoisotopic (exact) mass is 475 g/mol. The number of aromatic hydroxyl groups is 1. The van der Waals surface area contributed by atoms with Crippen LogP contribution in [0.5, 0.6) is 17.2 Å². The van der Waals surface area contributed by atoms with Gasteiger partial charge < -0.3 is 19.0 Å². The van der Waals surface area contributed by atoms with E-state index >= 15 is 0 Å². The van der Waals surface area contributed by atoms with Gasteiger partial charge in [-0.05, 0) is 42.8 Å². The van der Waals surface area contributed by atoms with Gasteiger partial charge in [-0.3, -0.25) is 4.99 Å². The van der Waals surface area contributed by atoms with E-state index in [4.69, 9.17) is 13.9 Å². The van der Waals surface area contributed by atoms with Gasteiger partial charge in [0.15, 0.2) is 11.5 Å². The van der Waals surface area contributed by atoms with Crippen LogP contribution >= 0.6 is 11.8 Å². The molecular weight excluding hydrogens is 459 g/mol. The highest BCUT2D eigenvalue weighted by atomic mass is 32.2. The predicted octanol–water partition coefficient (Wildman–Crippen LogP) is 5.76. The Kier molecular flexibility index (Phi) is 5.12. The Labute approximate surface area is 189 Å². The van der Waals surface area contributed by atoms with Gasteiger partial charge in [0.25, 0.3) is 0 Å². The maximum atomic E-state index is 13.3. The van der Waals surface area contributed by atoms with Gasteiger partial charge in [0.05, 0.1) is 17.0 Å². The standard InChI is InChI=1S/C23H16F3NO5S/c1-11-6-16(28)21(22(29)32-11)15-9-20(12-2-4-17-18(7-12)31-10-30-17)33-19-5-3-13(23(24,25)26)8-14(19)27-15/h2-8,20,28H,9-10H2,1H3/t20-/m0/s1. The lowest BCUT2D eigenvalue weighted by Crippen LogP contribution is -2.17. The van der Waals surface area contributed by atoms with E-state index in [0.29, 0.717) is 16.4 Å². The van der Waals surface area contributed by atoms with Crippen LogP contribution in [0.15, 0.2) is 61.6 Å². The Bertz CT molecular complexity index is 1350. The van der Waals surface area contributed by atoms with Gasteiger partial charge in [0.2, 0.25) is 6.79 Å². The third kappa shape index (κ3) is 4.06. The van der Waals surface area contributed by atoms with Gasteiger partial charge in [0.1, 0.15) is 17.1 Å². The number of aryl methyl sites for hydroxylation is 1. The van der Waals surface area contributed by atoms with Crippen LogP contribution in [0.2, 0.25) is 0 Å². The smallest absolute Gasteiger partial charge is 0.416 e. The molecule has 0 radical (unpaired) electrons. The van der Waals surface area contributed by atoms with E-state index in [1.54, 1.807) is 12.1 Å². The molecule has 0 saturated carbocycles. The van der Waals surface area contributed by atoms with Crippen molar-refractivity contribution in [2.45, 2.75) is 29.7 Å². The number of rotatable bonds is 2. The second-order valence-electron chi connectivity index (χ2n) is 7.57. The maximum absolute atomic E-state index is 13.3. The molecule has 5 rings (SSSR count). The predicted molar refractivity (Wildman–Crippen MR) is 115 cm³/mol. The summed E-state index contributed by atoms with van der Waals surface area (Å²) in [4.78, 5) is 17.5. The van der Waals surface area contributed by atoms with Crippen molar-refractivity contribution < 1.29 is 32.2 Å². The van der Waals surface area contributed by atoms with Gasteiger partial charge in [-0.25, -0.2) is 4.79 Å². The van der Waals surface area contributed by atoms with Gasteiger partial charge in [0, 0.05) is 22.6 Å². The minimum atomic E-state index is -4.55. The Hall–Kier alpha value is -3.40. The number of halogens is 3. The molecule has 3 heterocycles. The van der Waals surface area contributed by atoms with Crippen molar-refractivity contribution in [3.8, 4) is 17.2 Å². The molecular formula is C23H16F3NO5S. The summed E-state index contributed by atoms with van der Waals surface area (Å²) in [5.41, 5.74) is -0.831. The van der Waals surface area contributed by atoms with E-state index in [0.717, 1.165) is 17.7 Å². The van der Waals surface area contributed by atoms with Crippen LogP contribution in [0.3, 0.4) is 0 Å². The molecule has 2 aromatic carbocycles. The molecule has 10 heteroatoms. The SMILES string of the molecule is Cc1cc(O)c(C2=Nc3cc(C(F)(F)F)ccc3S[C@H](c3ccc4c(c3)OCO4)C2)c(=O)o1. The highest BCUT2D eigenvalue weighted by Crippen LogP contribution is 2.48. The normalized spacial score (nSPS) is 17.3. The van der Waals surface area contributed by atoms with Gasteiger partial charge in [-0.15, -0.1) is 11.8 Å². The van der Waals surface area contributed by atoms with E-state index in [1.165, 1.54) is 30.8 Å². The summed E-state index contributed by atoms with van der Waals surface area (Å²) in [7, 11) is 0. The first-order chi connectivity index (χ1) is 15.7. The van der Waals surface area contributed by atoms with Crippen LogP contribution in [-0.4, -0.2) is 17.6 Å². The fourth-order valence-electron chi connectivity index (χ4n) is 3.76. The van der Waals surface area contributed by atoms with Crippen LogP contribution < -0.4 is 15.1 Å². The number of nitrogens with zero attached hydrogens (tertiary/aromatic N) is 1. The molecule has 33 heavy (non-hydrogen) atoms. The van der Waals surface area contributed by atoms with Crippen molar-refractivity contribution in [1.82, 2.24) is 0 Å². The molecule has 0 aliphatic carbocycles. The first-order valence-corrected chi connectivity index (χ1v) is 10.8. The second-order valence-corrected chi connectivity index (χ2v) is 8.81. The van der Waals surface area contributed by atoms with Crippen LogP contribution in [0.25, 0.3) is 0 Å². The van der Waals surface area contributed by atoms with E-state index in [-0.39, 0.29) is 46.9 Å². The van der Waals surface area contributed by atoms with Crippen LogP contribution in [-0.2, 0) is 6.18 Å². The first-order valence-electron chi connectivity index (χ1n) is 9.88. The molecule has 1 aromatic heterocycles. The quantitative estimate of drug-likeness (QED) is 0.508. The highest BCUT2D eigenvalue weighted by Gasteiger charge is 2.33. The summed E-state index contributed by atoms with van der Waals surface area (Å²) < 4.78 is 55.9. The fraction of sp³-hybridized carbons (Fsp3) is 0.217. The third-order valence-electron chi connectivity index (χ3n) is 5.30.